The van der Waals surface area contributed by atoms with Crippen molar-refractivity contribution in [2.45, 2.75) is 25.6 Å². The van der Waals surface area contributed by atoms with Crippen LogP contribution in [0.15, 0.2) is 42.5 Å². The van der Waals surface area contributed by atoms with Crippen molar-refractivity contribution in [2.75, 3.05) is 13.1 Å². The number of nitrogens with zero attached hydrogens (tertiary/aromatic N) is 1. The summed E-state index contributed by atoms with van der Waals surface area (Å²) in [5.74, 6) is 0.657. The van der Waals surface area contributed by atoms with Crippen LogP contribution in [0.1, 0.15) is 18.4 Å². The van der Waals surface area contributed by atoms with Crippen LogP contribution in [0.2, 0.25) is 0 Å². The molecule has 0 unspecified atom stereocenters. The molecule has 1 aliphatic heterocycles. The van der Waals surface area contributed by atoms with Gasteiger partial charge in [0.15, 0.2) is 0 Å². The van der Waals surface area contributed by atoms with Gasteiger partial charge in [-0.3, -0.25) is 4.79 Å². The molecule has 21 heavy (non-hydrogen) atoms. The number of amides is 1. The van der Waals surface area contributed by atoms with Gasteiger partial charge in [-0.25, -0.2) is 0 Å². The van der Waals surface area contributed by atoms with Gasteiger partial charge in [0.05, 0.1) is 12.7 Å². The lowest BCUT2D eigenvalue weighted by molar-refractivity contribution is -0.147. The Labute approximate surface area is 124 Å². The minimum absolute atomic E-state index is 0.201. The minimum atomic E-state index is 0.201. The van der Waals surface area contributed by atoms with Gasteiger partial charge < -0.3 is 9.64 Å². The van der Waals surface area contributed by atoms with Gasteiger partial charge in [0.25, 0.3) is 0 Å². The summed E-state index contributed by atoms with van der Waals surface area (Å²) < 4.78 is 5.96. The lowest BCUT2D eigenvalue weighted by Gasteiger charge is -2.39. The lowest BCUT2D eigenvalue weighted by atomic mass is 10.1. The quantitative estimate of drug-likeness (QED) is 0.862. The van der Waals surface area contributed by atoms with E-state index in [2.05, 4.69) is 42.5 Å². The van der Waals surface area contributed by atoms with E-state index in [1.807, 2.05) is 4.90 Å². The highest BCUT2D eigenvalue weighted by molar-refractivity contribution is 5.85. The van der Waals surface area contributed by atoms with Crippen LogP contribution in [0, 0.1) is 5.92 Å². The van der Waals surface area contributed by atoms with E-state index < -0.39 is 0 Å². The van der Waals surface area contributed by atoms with Crippen molar-refractivity contribution in [3.8, 4) is 0 Å². The van der Waals surface area contributed by atoms with Crippen LogP contribution in [-0.2, 0) is 16.1 Å². The predicted octanol–water partition coefficient (Wildman–Crippen LogP) is 2.98. The molecule has 1 saturated heterocycles. The van der Waals surface area contributed by atoms with Crippen LogP contribution in [0.25, 0.3) is 10.8 Å². The molecule has 2 aromatic rings. The highest BCUT2D eigenvalue weighted by Crippen LogP contribution is 2.33. The largest absolute Gasteiger partial charge is 0.370 e. The van der Waals surface area contributed by atoms with E-state index in [0.717, 1.165) is 25.9 Å². The Morgan fingerprint density at radius 2 is 1.86 bits per heavy atom. The van der Waals surface area contributed by atoms with Crippen molar-refractivity contribution in [3.63, 3.8) is 0 Å². The van der Waals surface area contributed by atoms with Crippen molar-refractivity contribution in [3.05, 3.63) is 48.0 Å². The molecule has 0 N–H and O–H groups in total. The summed E-state index contributed by atoms with van der Waals surface area (Å²) >= 11 is 0. The Kier molecular flexibility index (Phi) is 3.15. The molecular weight excluding hydrogens is 262 g/mol. The van der Waals surface area contributed by atoms with E-state index in [1.54, 1.807) is 0 Å². The van der Waals surface area contributed by atoms with Gasteiger partial charge in [-0.1, -0.05) is 42.5 Å². The number of carbonyl (C=O) groups is 1. The summed E-state index contributed by atoms with van der Waals surface area (Å²) in [7, 11) is 0. The third-order valence-corrected chi connectivity index (χ3v) is 4.44. The molecule has 1 aliphatic carbocycles. The van der Waals surface area contributed by atoms with Crippen molar-refractivity contribution < 1.29 is 9.53 Å². The molecule has 0 spiro atoms. The molecule has 3 heteroatoms. The van der Waals surface area contributed by atoms with E-state index in [-0.39, 0.29) is 6.10 Å². The molecule has 2 aliphatic rings. The Hall–Kier alpha value is -1.87. The van der Waals surface area contributed by atoms with Crippen LogP contribution in [0.5, 0.6) is 0 Å². The minimum Gasteiger partial charge on any atom is -0.370 e. The van der Waals surface area contributed by atoms with E-state index in [1.165, 1.54) is 16.3 Å². The molecule has 0 bridgehead atoms. The molecule has 0 aromatic heterocycles. The molecule has 0 atom stereocenters. The topological polar surface area (TPSA) is 29.5 Å². The Morgan fingerprint density at radius 3 is 2.67 bits per heavy atom. The molecule has 1 amide bonds. The maximum atomic E-state index is 11.9. The molecule has 4 rings (SSSR count). The second kappa shape index (κ2) is 5.15. The highest BCUT2D eigenvalue weighted by atomic mass is 16.5. The molecule has 108 valence electrons. The summed E-state index contributed by atoms with van der Waals surface area (Å²) in [5, 5.41) is 2.50. The van der Waals surface area contributed by atoms with E-state index in [4.69, 9.17) is 4.74 Å². The number of hydrogen-bond donors (Lipinski definition) is 0. The number of ether oxygens (including phenoxy) is 1. The fraction of sp³-hybridized carbons (Fsp3) is 0.389. The van der Waals surface area contributed by atoms with Gasteiger partial charge in [-0.2, -0.15) is 0 Å². The molecule has 1 heterocycles. The second-order valence-corrected chi connectivity index (χ2v) is 6.09. The maximum Gasteiger partial charge on any atom is 0.225 e. The SMILES string of the molecule is O=C(C1CC1)N1CC(OCc2cccc3ccccc23)C1. The van der Waals surface area contributed by atoms with E-state index in [0.29, 0.717) is 18.4 Å². The fourth-order valence-corrected chi connectivity index (χ4v) is 2.94. The molecule has 3 nitrogen and oxygen atoms in total. The Morgan fingerprint density at radius 1 is 1.10 bits per heavy atom. The Bertz CT molecular complexity index is 666. The number of likely N-dealkylation sites (tertiary alicyclic amines) is 1. The third kappa shape index (κ3) is 2.54. The molecule has 1 saturated carbocycles. The summed E-state index contributed by atoms with van der Waals surface area (Å²) in [6, 6.07) is 14.7. The third-order valence-electron chi connectivity index (χ3n) is 4.44. The molecular formula is C18H19NO2. The first-order chi connectivity index (χ1) is 10.3. The monoisotopic (exact) mass is 281 g/mol. The van der Waals surface area contributed by atoms with Crippen molar-refractivity contribution in [2.24, 2.45) is 5.92 Å². The smallest absolute Gasteiger partial charge is 0.225 e. The van der Waals surface area contributed by atoms with Gasteiger partial charge >= 0.3 is 0 Å². The van der Waals surface area contributed by atoms with Crippen molar-refractivity contribution in [1.82, 2.24) is 4.90 Å². The predicted molar refractivity (Wildman–Crippen MR) is 81.8 cm³/mol. The van der Waals surface area contributed by atoms with Gasteiger partial charge in [0, 0.05) is 19.0 Å². The zero-order valence-electron chi connectivity index (χ0n) is 12.0. The van der Waals surface area contributed by atoms with Gasteiger partial charge in [-0.05, 0) is 29.2 Å². The Balaban J connectivity index is 1.36. The van der Waals surface area contributed by atoms with Crippen molar-refractivity contribution >= 4 is 16.7 Å². The van der Waals surface area contributed by atoms with Crippen LogP contribution in [-0.4, -0.2) is 30.0 Å². The van der Waals surface area contributed by atoms with Crippen LogP contribution in [0.4, 0.5) is 0 Å². The number of fused-ring (bicyclic) bond motifs is 1. The van der Waals surface area contributed by atoms with Crippen LogP contribution >= 0.6 is 0 Å². The summed E-state index contributed by atoms with van der Waals surface area (Å²) in [6.45, 7) is 2.15. The van der Waals surface area contributed by atoms with Crippen LogP contribution in [0.3, 0.4) is 0 Å². The normalized spacial score (nSPS) is 18.8. The number of carbonyl (C=O) groups excluding carboxylic acids is 1. The summed E-state index contributed by atoms with van der Waals surface area (Å²) in [6.07, 6.45) is 2.36. The average Bonchev–Trinajstić information content (AvgIpc) is 3.30. The van der Waals surface area contributed by atoms with Gasteiger partial charge in [0.2, 0.25) is 5.91 Å². The number of rotatable bonds is 4. The van der Waals surface area contributed by atoms with E-state index >= 15 is 0 Å². The number of benzene rings is 2. The average molecular weight is 281 g/mol. The molecule has 2 aromatic carbocycles. The fourth-order valence-electron chi connectivity index (χ4n) is 2.94. The summed E-state index contributed by atoms with van der Waals surface area (Å²) in [4.78, 5) is 13.8. The molecule has 0 radical (unpaired) electrons. The lowest BCUT2D eigenvalue weighted by Crippen LogP contribution is -2.55. The van der Waals surface area contributed by atoms with Gasteiger partial charge in [-0.15, -0.1) is 0 Å². The van der Waals surface area contributed by atoms with E-state index in [9.17, 15) is 4.79 Å². The first-order valence-electron chi connectivity index (χ1n) is 7.68. The van der Waals surface area contributed by atoms with Crippen LogP contribution < -0.4 is 0 Å². The zero-order valence-corrected chi connectivity index (χ0v) is 12.0. The first-order valence-corrected chi connectivity index (χ1v) is 7.68. The van der Waals surface area contributed by atoms with Crippen molar-refractivity contribution in [1.29, 1.82) is 0 Å². The van der Waals surface area contributed by atoms with Gasteiger partial charge in [0.1, 0.15) is 0 Å². The maximum absolute atomic E-state index is 11.9. The second-order valence-electron chi connectivity index (χ2n) is 6.09. The summed E-state index contributed by atoms with van der Waals surface area (Å²) in [5.41, 5.74) is 1.22. The number of hydrogen-bond acceptors (Lipinski definition) is 2. The standard InChI is InChI=1S/C18H19NO2/c20-18(14-8-9-14)19-10-16(11-19)21-12-15-6-3-5-13-4-1-2-7-17(13)15/h1-7,14,16H,8-12H2. The molecule has 2 fully saturated rings. The zero-order chi connectivity index (χ0) is 14.2. The highest BCUT2D eigenvalue weighted by Gasteiger charge is 2.39. The first kappa shape index (κ1) is 12.8.